The van der Waals surface area contributed by atoms with Gasteiger partial charge in [-0.2, -0.15) is 4.98 Å². The molecule has 0 aliphatic carbocycles. The van der Waals surface area contributed by atoms with E-state index in [1.807, 2.05) is 13.0 Å². The first-order valence-electron chi connectivity index (χ1n) is 9.96. The third-order valence-electron chi connectivity index (χ3n) is 5.09. The Morgan fingerprint density at radius 2 is 2.16 bits per heavy atom. The van der Waals surface area contributed by atoms with Crippen molar-refractivity contribution in [3.63, 3.8) is 0 Å². The first-order chi connectivity index (χ1) is 14.8. The van der Waals surface area contributed by atoms with Crippen molar-refractivity contribution in [1.82, 2.24) is 9.55 Å². The summed E-state index contributed by atoms with van der Waals surface area (Å²) in [6, 6.07) is 4.90. The average Bonchev–Trinajstić information content (AvgIpc) is 2.76. The molecule has 1 aliphatic rings. The topological polar surface area (TPSA) is 103 Å². The number of aryl methyl sites for hydroxylation is 2. The number of carbonyl (C=O) groups is 1. The molecule has 0 saturated heterocycles. The fourth-order valence-electron chi connectivity index (χ4n) is 3.29. The molecule has 10 heteroatoms. The minimum absolute atomic E-state index is 0.0151. The van der Waals surface area contributed by atoms with Crippen LogP contribution >= 0.6 is 0 Å². The van der Waals surface area contributed by atoms with Crippen molar-refractivity contribution in [3.05, 3.63) is 51.6 Å². The summed E-state index contributed by atoms with van der Waals surface area (Å²) in [6.07, 6.45) is -0.844. The minimum Gasteiger partial charge on any atom is -0.493 e. The van der Waals surface area contributed by atoms with Crippen molar-refractivity contribution in [2.24, 2.45) is 0 Å². The molecule has 2 N–H and O–H groups in total. The Labute approximate surface area is 177 Å². The van der Waals surface area contributed by atoms with Crippen LogP contribution < -0.4 is 15.7 Å². The molecule has 1 amide bonds. The summed E-state index contributed by atoms with van der Waals surface area (Å²) in [6.45, 7) is 1.61. The van der Waals surface area contributed by atoms with Gasteiger partial charge < -0.3 is 19.9 Å². The summed E-state index contributed by atoms with van der Waals surface area (Å²) in [5.74, 6) is 0.189. The summed E-state index contributed by atoms with van der Waals surface area (Å²) in [5, 5.41) is 12.0. The fraction of sp³-hybridized carbons (Fsp3) is 0.476. The lowest BCUT2D eigenvalue weighted by Crippen LogP contribution is -2.36. The maximum absolute atomic E-state index is 13.4. The maximum Gasteiger partial charge on any atom is 0.351 e. The van der Waals surface area contributed by atoms with Crippen LogP contribution in [0.1, 0.15) is 41.1 Å². The van der Waals surface area contributed by atoms with Crippen LogP contribution in [0.3, 0.4) is 0 Å². The summed E-state index contributed by atoms with van der Waals surface area (Å²) in [5.41, 5.74) is 1.34. The molecule has 3 unspecified atom stereocenters. The fourth-order valence-corrected chi connectivity index (χ4v) is 3.29. The van der Waals surface area contributed by atoms with Gasteiger partial charge in [0, 0.05) is 11.8 Å². The summed E-state index contributed by atoms with van der Waals surface area (Å²) in [4.78, 5) is 28.8. The number of hydrogen-bond acceptors (Lipinski definition) is 6. The number of amides is 1. The van der Waals surface area contributed by atoms with Crippen molar-refractivity contribution >= 4 is 11.7 Å². The molecule has 1 aliphatic heterocycles. The Morgan fingerprint density at radius 3 is 2.84 bits per heavy atom. The zero-order valence-electron chi connectivity index (χ0n) is 17.3. The molecule has 0 fully saturated rings. The highest BCUT2D eigenvalue weighted by molar-refractivity contribution is 6.05. The number of rotatable bonds is 8. The van der Waals surface area contributed by atoms with Crippen molar-refractivity contribution in [3.8, 4) is 5.75 Å². The number of alkyl halides is 2. The number of benzene rings is 1. The van der Waals surface area contributed by atoms with Crippen molar-refractivity contribution in [2.75, 3.05) is 25.3 Å². The lowest BCUT2D eigenvalue weighted by atomic mass is 9.99. The lowest BCUT2D eigenvalue weighted by Gasteiger charge is -2.24. The van der Waals surface area contributed by atoms with Crippen LogP contribution in [0.15, 0.2) is 29.2 Å². The molecule has 31 heavy (non-hydrogen) atoms. The molecular weight excluding hydrogens is 412 g/mol. The number of nitrogens with one attached hydrogen (secondary N) is 1. The number of aliphatic hydroxyl groups excluding tert-OH is 1. The summed E-state index contributed by atoms with van der Waals surface area (Å²) >= 11 is 0. The molecule has 0 saturated carbocycles. The van der Waals surface area contributed by atoms with Gasteiger partial charge in [0.05, 0.1) is 12.7 Å². The predicted octanol–water partition coefficient (Wildman–Crippen LogP) is 2.33. The van der Waals surface area contributed by atoms with Gasteiger partial charge in [-0.1, -0.05) is 6.07 Å². The van der Waals surface area contributed by atoms with E-state index in [0.717, 1.165) is 28.5 Å². The highest BCUT2D eigenvalue weighted by Gasteiger charge is 2.23. The maximum atomic E-state index is 13.4. The van der Waals surface area contributed by atoms with E-state index in [4.69, 9.17) is 9.47 Å². The van der Waals surface area contributed by atoms with Gasteiger partial charge in [0.25, 0.3) is 5.91 Å². The normalized spacial score (nSPS) is 16.0. The minimum atomic E-state index is -1.44. The molecule has 3 atom stereocenters. The van der Waals surface area contributed by atoms with E-state index >= 15 is 0 Å². The van der Waals surface area contributed by atoms with Crippen LogP contribution in [0.25, 0.3) is 0 Å². The van der Waals surface area contributed by atoms with Gasteiger partial charge in [0.2, 0.25) is 0 Å². The number of ether oxygens (including phenoxy) is 2. The predicted molar refractivity (Wildman–Crippen MR) is 109 cm³/mol. The number of nitrogens with zero attached hydrogens (tertiary/aromatic N) is 2. The molecule has 0 bridgehead atoms. The van der Waals surface area contributed by atoms with Gasteiger partial charge in [-0.05, 0) is 49.9 Å². The van der Waals surface area contributed by atoms with E-state index in [1.165, 1.54) is 19.2 Å². The zero-order chi connectivity index (χ0) is 22.5. The quantitative estimate of drug-likeness (QED) is 0.657. The van der Waals surface area contributed by atoms with E-state index in [9.17, 15) is 23.5 Å². The number of aliphatic hydroxyl groups is 1. The number of anilines is 1. The smallest absolute Gasteiger partial charge is 0.351 e. The Hall–Kier alpha value is -2.85. The van der Waals surface area contributed by atoms with Gasteiger partial charge in [-0.3, -0.25) is 9.36 Å². The molecule has 168 valence electrons. The molecule has 0 spiro atoms. The second kappa shape index (κ2) is 9.97. The van der Waals surface area contributed by atoms with E-state index in [0.29, 0.717) is 17.9 Å². The molecule has 1 aromatic heterocycles. The van der Waals surface area contributed by atoms with Crippen molar-refractivity contribution in [1.29, 1.82) is 0 Å². The molecule has 2 heterocycles. The van der Waals surface area contributed by atoms with E-state index < -0.39 is 43.4 Å². The largest absolute Gasteiger partial charge is 0.493 e. The van der Waals surface area contributed by atoms with Gasteiger partial charge in [0.15, 0.2) is 6.23 Å². The number of fused-ring (bicyclic) bond motifs is 1. The molecule has 3 rings (SSSR count). The van der Waals surface area contributed by atoms with Crippen LogP contribution in [0.4, 0.5) is 14.6 Å². The third kappa shape index (κ3) is 5.26. The zero-order valence-corrected chi connectivity index (χ0v) is 17.3. The van der Waals surface area contributed by atoms with Crippen LogP contribution in [0.2, 0.25) is 0 Å². The number of aromatic nitrogens is 2. The highest BCUT2D eigenvalue weighted by atomic mass is 19.1. The lowest BCUT2D eigenvalue weighted by molar-refractivity contribution is -0.110. The first kappa shape index (κ1) is 22.8. The van der Waals surface area contributed by atoms with Crippen LogP contribution in [-0.2, 0) is 11.2 Å². The Kier molecular flexibility index (Phi) is 7.34. The number of carbonyl (C=O) groups excluding carboxylic acids is 1. The average molecular weight is 437 g/mol. The van der Waals surface area contributed by atoms with Crippen LogP contribution in [-0.4, -0.2) is 52.7 Å². The van der Waals surface area contributed by atoms with Gasteiger partial charge in [-0.25, -0.2) is 13.6 Å². The second-order valence-corrected chi connectivity index (χ2v) is 7.36. The third-order valence-corrected chi connectivity index (χ3v) is 5.09. The standard InChI is InChI=1S/C21H25F2N3O5/c1-12-8-14-4-3-7-30-17(14)9-15(12)20(28)24-18-5-6-26(21(29)25-18)19(11-23)31-13(2)16(27)10-22/h5-6,8-9,13,16,19,27H,3-4,7,10-11H2,1-2H3,(H,24,25,28,29). The van der Waals surface area contributed by atoms with Crippen molar-refractivity contribution in [2.45, 2.75) is 45.1 Å². The monoisotopic (exact) mass is 437 g/mol. The Bertz CT molecular complexity index is 997. The molecule has 2 aromatic rings. The van der Waals surface area contributed by atoms with Crippen LogP contribution in [0, 0.1) is 6.92 Å². The summed E-state index contributed by atoms with van der Waals surface area (Å²) < 4.78 is 37.7. The first-order valence-corrected chi connectivity index (χ1v) is 9.96. The molecule has 0 radical (unpaired) electrons. The Balaban J connectivity index is 1.75. The van der Waals surface area contributed by atoms with Gasteiger partial charge in [-0.15, -0.1) is 0 Å². The van der Waals surface area contributed by atoms with E-state index in [2.05, 4.69) is 10.3 Å². The van der Waals surface area contributed by atoms with E-state index in [1.54, 1.807) is 6.07 Å². The van der Waals surface area contributed by atoms with E-state index in [-0.39, 0.29) is 5.82 Å². The number of hydrogen-bond donors (Lipinski definition) is 2. The van der Waals surface area contributed by atoms with Crippen molar-refractivity contribution < 1.29 is 28.2 Å². The second-order valence-electron chi connectivity index (χ2n) is 7.36. The molecule has 8 nitrogen and oxygen atoms in total. The summed E-state index contributed by atoms with van der Waals surface area (Å²) in [7, 11) is 0. The number of halogens is 2. The Morgan fingerprint density at radius 1 is 1.39 bits per heavy atom. The van der Waals surface area contributed by atoms with Gasteiger partial charge >= 0.3 is 5.69 Å². The molecule has 1 aromatic carbocycles. The van der Waals surface area contributed by atoms with Crippen LogP contribution in [0.5, 0.6) is 5.75 Å². The highest BCUT2D eigenvalue weighted by Crippen LogP contribution is 2.28. The molecular formula is C21H25F2N3O5. The van der Waals surface area contributed by atoms with Gasteiger partial charge in [0.1, 0.15) is 31.0 Å². The SMILES string of the molecule is Cc1cc2c(cc1C(=O)Nc1ccn(C(CF)OC(C)C(O)CF)c(=O)n1)OCCC2.